The Labute approximate surface area is 147 Å². The van der Waals surface area contributed by atoms with Crippen molar-refractivity contribution in [3.05, 3.63) is 28.8 Å². The monoisotopic (exact) mass is 347 g/mol. The molecular formula is C18H25N3O2S. The summed E-state index contributed by atoms with van der Waals surface area (Å²) in [6.45, 7) is 9.65. The molecule has 2 aromatic rings. The van der Waals surface area contributed by atoms with Crippen molar-refractivity contribution in [3.63, 3.8) is 0 Å². The van der Waals surface area contributed by atoms with Crippen molar-refractivity contribution in [2.24, 2.45) is 0 Å². The Balaban J connectivity index is 1.78. The van der Waals surface area contributed by atoms with Crippen LogP contribution in [0.15, 0.2) is 18.2 Å². The highest BCUT2D eigenvalue weighted by Crippen LogP contribution is 2.29. The lowest BCUT2D eigenvalue weighted by Gasteiger charge is -2.40. The van der Waals surface area contributed by atoms with Gasteiger partial charge in [-0.2, -0.15) is 5.10 Å². The number of rotatable bonds is 4. The number of carbonyl (C=O) groups is 1. The van der Waals surface area contributed by atoms with Gasteiger partial charge in [0.2, 0.25) is 0 Å². The van der Waals surface area contributed by atoms with Gasteiger partial charge in [-0.15, -0.1) is 11.3 Å². The van der Waals surface area contributed by atoms with E-state index < -0.39 is 0 Å². The third kappa shape index (κ3) is 3.54. The molecular weight excluding hydrogens is 322 g/mol. The number of nitrogens with zero attached hydrogens (tertiary/aromatic N) is 2. The lowest BCUT2D eigenvalue weighted by molar-refractivity contribution is -0.0777. The minimum Gasteiger partial charge on any atom is -0.375 e. The van der Waals surface area contributed by atoms with Crippen LogP contribution in [0.3, 0.4) is 0 Å². The molecule has 3 heterocycles. The number of aromatic nitrogens is 2. The predicted octanol–water partition coefficient (Wildman–Crippen LogP) is 3.87. The molecule has 0 saturated carbocycles. The van der Waals surface area contributed by atoms with Gasteiger partial charge in [0.05, 0.1) is 16.2 Å². The third-order valence-electron chi connectivity index (χ3n) is 4.52. The van der Waals surface area contributed by atoms with Gasteiger partial charge in [-0.1, -0.05) is 0 Å². The molecule has 24 heavy (non-hydrogen) atoms. The molecule has 130 valence electrons. The Morgan fingerprint density at radius 3 is 2.92 bits per heavy atom. The number of ether oxygens (including phenoxy) is 1. The maximum atomic E-state index is 12.9. The summed E-state index contributed by atoms with van der Waals surface area (Å²) >= 11 is 1.70. The quantitative estimate of drug-likeness (QED) is 0.913. The normalized spacial score (nSPS) is 20.1. The highest BCUT2D eigenvalue weighted by molar-refractivity contribution is 7.15. The summed E-state index contributed by atoms with van der Waals surface area (Å²) in [7, 11) is 0. The van der Waals surface area contributed by atoms with Crippen LogP contribution >= 0.6 is 11.3 Å². The predicted molar refractivity (Wildman–Crippen MR) is 96.4 cm³/mol. The van der Waals surface area contributed by atoms with Gasteiger partial charge in [0.1, 0.15) is 0 Å². The number of aryl methyl sites for hydroxylation is 1. The van der Waals surface area contributed by atoms with E-state index in [9.17, 15) is 4.79 Å². The molecule has 1 N–H and O–H groups in total. The molecule has 1 saturated heterocycles. The molecule has 0 bridgehead atoms. The summed E-state index contributed by atoms with van der Waals surface area (Å²) in [4.78, 5) is 17.2. The van der Waals surface area contributed by atoms with Gasteiger partial charge >= 0.3 is 0 Å². The Morgan fingerprint density at radius 1 is 1.50 bits per heavy atom. The van der Waals surface area contributed by atoms with Crippen LogP contribution in [0.4, 0.5) is 0 Å². The molecule has 0 spiro atoms. The van der Waals surface area contributed by atoms with Crippen LogP contribution in [0.1, 0.15) is 49.0 Å². The molecule has 1 aliphatic rings. The van der Waals surface area contributed by atoms with Crippen molar-refractivity contribution in [1.82, 2.24) is 15.1 Å². The summed E-state index contributed by atoms with van der Waals surface area (Å²) in [5.41, 5.74) is 1.21. The van der Waals surface area contributed by atoms with Gasteiger partial charge in [-0.25, -0.2) is 0 Å². The van der Waals surface area contributed by atoms with Crippen LogP contribution in [-0.4, -0.2) is 45.8 Å². The molecule has 0 unspecified atom stereocenters. The molecule has 5 nitrogen and oxygen atoms in total. The smallest absolute Gasteiger partial charge is 0.274 e. The zero-order valence-electron chi connectivity index (χ0n) is 14.8. The Hall–Kier alpha value is -1.66. The standard InChI is InChI=1S/C18H25N3O2S/c1-5-21(13-8-9-23-18(3,4)11-13)17(22)15-10-14(19-20-15)16-7-6-12(2)24-16/h6-7,10,13H,5,8-9,11H2,1-4H3,(H,19,20)/t13-/m1/s1. The first kappa shape index (κ1) is 17.2. The molecule has 3 rings (SSSR count). The van der Waals surface area contributed by atoms with Crippen LogP contribution in [-0.2, 0) is 4.74 Å². The van der Waals surface area contributed by atoms with Gasteiger partial charge in [-0.05, 0) is 58.7 Å². The number of hydrogen-bond donors (Lipinski definition) is 1. The molecule has 2 aromatic heterocycles. The molecule has 0 radical (unpaired) electrons. The average molecular weight is 347 g/mol. The molecule has 0 aliphatic carbocycles. The fourth-order valence-electron chi connectivity index (χ4n) is 3.32. The average Bonchev–Trinajstić information content (AvgIpc) is 3.15. The van der Waals surface area contributed by atoms with Crippen molar-refractivity contribution in [2.45, 2.75) is 52.2 Å². The molecule has 0 aromatic carbocycles. The van der Waals surface area contributed by atoms with E-state index >= 15 is 0 Å². The van der Waals surface area contributed by atoms with Crippen LogP contribution in [0.25, 0.3) is 10.6 Å². The maximum Gasteiger partial charge on any atom is 0.274 e. The van der Waals surface area contributed by atoms with E-state index in [1.807, 2.05) is 17.9 Å². The first-order chi connectivity index (χ1) is 11.4. The first-order valence-corrected chi connectivity index (χ1v) is 9.28. The summed E-state index contributed by atoms with van der Waals surface area (Å²) in [5, 5.41) is 7.26. The summed E-state index contributed by atoms with van der Waals surface area (Å²) < 4.78 is 5.78. The van der Waals surface area contributed by atoms with Gasteiger partial charge in [0.15, 0.2) is 5.69 Å². The van der Waals surface area contributed by atoms with Crippen molar-refractivity contribution in [3.8, 4) is 10.6 Å². The van der Waals surface area contributed by atoms with Crippen molar-refractivity contribution in [2.75, 3.05) is 13.2 Å². The number of thiophene rings is 1. The molecule has 1 fully saturated rings. The van der Waals surface area contributed by atoms with Crippen molar-refractivity contribution in [1.29, 1.82) is 0 Å². The second-order valence-corrected chi connectivity index (χ2v) is 8.21. The van der Waals surface area contributed by atoms with Crippen LogP contribution in [0.2, 0.25) is 0 Å². The van der Waals surface area contributed by atoms with E-state index in [1.54, 1.807) is 11.3 Å². The van der Waals surface area contributed by atoms with Crippen LogP contribution in [0.5, 0.6) is 0 Å². The number of carbonyl (C=O) groups excluding carboxylic acids is 1. The number of H-pyrrole nitrogens is 1. The largest absolute Gasteiger partial charge is 0.375 e. The number of aromatic amines is 1. The Bertz CT molecular complexity index is 719. The van der Waals surface area contributed by atoms with Crippen LogP contribution in [0, 0.1) is 6.92 Å². The van der Waals surface area contributed by atoms with E-state index in [4.69, 9.17) is 4.74 Å². The third-order valence-corrected chi connectivity index (χ3v) is 5.55. The highest BCUT2D eigenvalue weighted by Gasteiger charge is 2.34. The minimum absolute atomic E-state index is 0.00372. The Morgan fingerprint density at radius 2 is 2.29 bits per heavy atom. The molecule has 1 atom stereocenters. The highest BCUT2D eigenvalue weighted by atomic mass is 32.1. The number of amides is 1. The van der Waals surface area contributed by atoms with Gasteiger partial charge < -0.3 is 9.64 Å². The molecule has 1 aliphatic heterocycles. The van der Waals surface area contributed by atoms with E-state index in [1.165, 1.54) is 4.88 Å². The van der Waals surface area contributed by atoms with E-state index in [2.05, 4.69) is 43.1 Å². The lowest BCUT2D eigenvalue weighted by atomic mass is 9.92. The van der Waals surface area contributed by atoms with Gasteiger partial charge in [0.25, 0.3) is 5.91 Å². The summed E-state index contributed by atoms with van der Waals surface area (Å²) in [6, 6.07) is 6.20. The van der Waals surface area contributed by atoms with Gasteiger partial charge in [-0.3, -0.25) is 9.89 Å². The second-order valence-electron chi connectivity index (χ2n) is 6.92. The van der Waals surface area contributed by atoms with Crippen molar-refractivity contribution >= 4 is 17.2 Å². The summed E-state index contributed by atoms with van der Waals surface area (Å²) in [6.07, 6.45) is 1.73. The molecule has 1 amide bonds. The first-order valence-electron chi connectivity index (χ1n) is 8.47. The van der Waals surface area contributed by atoms with Crippen molar-refractivity contribution < 1.29 is 9.53 Å². The number of nitrogens with one attached hydrogen (secondary N) is 1. The van der Waals surface area contributed by atoms with E-state index in [0.29, 0.717) is 18.8 Å². The SMILES string of the molecule is CCN(C(=O)c1cc(-c2ccc(C)s2)[nH]n1)[C@@H]1CCOC(C)(C)C1. The zero-order chi connectivity index (χ0) is 17.3. The summed E-state index contributed by atoms with van der Waals surface area (Å²) in [5.74, 6) is -0.00372. The fraction of sp³-hybridized carbons (Fsp3) is 0.556. The lowest BCUT2D eigenvalue weighted by Crippen LogP contribution is -2.48. The topological polar surface area (TPSA) is 58.2 Å². The fourth-order valence-corrected chi connectivity index (χ4v) is 4.15. The zero-order valence-corrected chi connectivity index (χ0v) is 15.6. The van der Waals surface area contributed by atoms with Gasteiger partial charge in [0, 0.05) is 24.1 Å². The minimum atomic E-state index is -0.179. The van der Waals surface area contributed by atoms with E-state index in [-0.39, 0.29) is 17.6 Å². The maximum absolute atomic E-state index is 12.9. The second kappa shape index (κ2) is 6.69. The molecule has 6 heteroatoms. The van der Waals surface area contributed by atoms with E-state index in [0.717, 1.165) is 23.4 Å². The number of hydrogen-bond acceptors (Lipinski definition) is 4. The Kier molecular flexibility index (Phi) is 4.78. The van der Waals surface area contributed by atoms with Crippen LogP contribution < -0.4 is 0 Å².